The minimum absolute atomic E-state index is 0.343. The van der Waals surface area contributed by atoms with Gasteiger partial charge in [-0.2, -0.15) is 11.8 Å². The van der Waals surface area contributed by atoms with E-state index in [2.05, 4.69) is 11.6 Å². The van der Waals surface area contributed by atoms with Crippen LogP contribution in [0.4, 0.5) is 0 Å². The predicted octanol–water partition coefficient (Wildman–Crippen LogP) is 2.92. The van der Waals surface area contributed by atoms with Gasteiger partial charge >= 0.3 is 0 Å². The van der Waals surface area contributed by atoms with Crippen molar-refractivity contribution in [3.8, 4) is 5.75 Å². The van der Waals surface area contributed by atoms with Crippen LogP contribution in [-0.4, -0.2) is 41.9 Å². The molecule has 1 aromatic carbocycles. The van der Waals surface area contributed by atoms with Gasteiger partial charge in [0.2, 0.25) is 0 Å². The lowest BCUT2D eigenvalue weighted by Gasteiger charge is -2.22. The van der Waals surface area contributed by atoms with Crippen LogP contribution in [0.5, 0.6) is 5.75 Å². The summed E-state index contributed by atoms with van der Waals surface area (Å²) in [6, 6.07) is 6.64. The molecule has 0 spiro atoms. The summed E-state index contributed by atoms with van der Waals surface area (Å²) in [6.07, 6.45) is 5.50. The number of hydrogen-bond donors (Lipinski definition) is 2. The fraction of sp³-hybridized carbons (Fsp3) is 0.647. The Hall–Kier alpha value is -0.710. The Balaban J connectivity index is 1.76. The van der Waals surface area contributed by atoms with Crippen molar-refractivity contribution in [1.29, 1.82) is 0 Å². The summed E-state index contributed by atoms with van der Waals surface area (Å²) in [5, 5.41) is 14.3. The average molecular weight is 309 g/mol. The molecule has 4 heteroatoms. The van der Waals surface area contributed by atoms with Crippen LogP contribution >= 0.6 is 11.8 Å². The first-order valence-corrected chi connectivity index (χ1v) is 9.04. The van der Waals surface area contributed by atoms with Crippen LogP contribution in [0.15, 0.2) is 18.2 Å². The highest BCUT2D eigenvalue weighted by Crippen LogP contribution is 2.28. The zero-order valence-corrected chi connectivity index (χ0v) is 14.1. The SMILES string of the molecule is CSC1CCCC1NCC(O)COc1c(C)cccc1C. The first-order valence-electron chi connectivity index (χ1n) is 7.75. The molecular formula is C17H27NO2S. The minimum atomic E-state index is -0.466. The number of benzene rings is 1. The van der Waals surface area contributed by atoms with Gasteiger partial charge in [-0.05, 0) is 44.1 Å². The van der Waals surface area contributed by atoms with Gasteiger partial charge in [0.15, 0.2) is 0 Å². The number of ether oxygens (including phenoxy) is 1. The lowest BCUT2D eigenvalue weighted by Crippen LogP contribution is -2.40. The molecule has 0 radical (unpaired) electrons. The smallest absolute Gasteiger partial charge is 0.125 e. The highest BCUT2D eigenvalue weighted by atomic mass is 32.2. The minimum Gasteiger partial charge on any atom is -0.490 e. The second-order valence-electron chi connectivity index (χ2n) is 5.91. The van der Waals surface area contributed by atoms with Gasteiger partial charge < -0.3 is 15.2 Å². The molecule has 1 fully saturated rings. The number of nitrogens with one attached hydrogen (secondary N) is 1. The molecule has 3 atom stereocenters. The molecule has 1 saturated carbocycles. The summed E-state index contributed by atoms with van der Waals surface area (Å²) in [5.74, 6) is 0.902. The Morgan fingerprint density at radius 1 is 1.33 bits per heavy atom. The monoisotopic (exact) mass is 309 g/mol. The second kappa shape index (κ2) is 8.06. The van der Waals surface area contributed by atoms with E-state index in [9.17, 15) is 5.11 Å². The van der Waals surface area contributed by atoms with Crippen molar-refractivity contribution in [3.05, 3.63) is 29.3 Å². The van der Waals surface area contributed by atoms with Crippen LogP contribution in [0, 0.1) is 13.8 Å². The lowest BCUT2D eigenvalue weighted by atomic mass is 10.1. The highest BCUT2D eigenvalue weighted by molar-refractivity contribution is 7.99. The fourth-order valence-electron chi connectivity index (χ4n) is 2.99. The summed E-state index contributed by atoms with van der Waals surface area (Å²) in [6.45, 7) is 5.02. The standard InChI is InChI=1S/C17H27NO2S/c1-12-6-4-7-13(2)17(12)20-11-14(19)10-18-15-8-5-9-16(15)21-3/h4,6-7,14-16,18-19H,5,8-11H2,1-3H3. The summed E-state index contributed by atoms with van der Waals surface area (Å²) < 4.78 is 5.80. The Morgan fingerprint density at radius 2 is 2.05 bits per heavy atom. The molecular weight excluding hydrogens is 282 g/mol. The maximum Gasteiger partial charge on any atom is 0.125 e. The Labute approximate surface area is 132 Å². The zero-order chi connectivity index (χ0) is 15.2. The third kappa shape index (κ3) is 4.63. The van der Waals surface area contributed by atoms with Gasteiger partial charge in [-0.25, -0.2) is 0 Å². The molecule has 1 aliphatic carbocycles. The number of hydrogen-bond acceptors (Lipinski definition) is 4. The van der Waals surface area contributed by atoms with Crippen molar-refractivity contribution in [2.75, 3.05) is 19.4 Å². The van der Waals surface area contributed by atoms with E-state index in [0.29, 0.717) is 24.4 Å². The van der Waals surface area contributed by atoms with Gasteiger partial charge in [-0.15, -0.1) is 0 Å². The van der Waals surface area contributed by atoms with E-state index in [1.165, 1.54) is 19.3 Å². The fourth-order valence-corrected chi connectivity index (χ4v) is 3.96. The van der Waals surface area contributed by atoms with Gasteiger partial charge in [0.1, 0.15) is 18.5 Å². The molecule has 2 N–H and O–H groups in total. The Morgan fingerprint density at radius 3 is 2.71 bits per heavy atom. The van der Waals surface area contributed by atoms with E-state index in [-0.39, 0.29) is 0 Å². The molecule has 2 rings (SSSR count). The highest BCUT2D eigenvalue weighted by Gasteiger charge is 2.26. The molecule has 0 amide bonds. The molecule has 3 nitrogen and oxygen atoms in total. The first-order chi connectivity index (χ1) is 10.1. The third-order valence-electron chi connectivity index (χ3n) is 4.20. The second-order valence-corrected chi connectivity index (χ2v) is 6.98. The van der Waals surface area contributed by atoms with E-state index in [0.717, 1.165) is 16.9 Å². The molecule has 118 valence electrons. The number of aliphatic hydroxyl groups excluding tert-OH is 1. The number of thioether (sulfide) groups is 1. The van der Waals surface area contributed by atoms with E-state index >= 15 is 0 Å². The molecule has 1 aliphatic rings. The van der Waals surface area contributed by atoms with E-state index in [1.807, 2.05) is 43.8 Å². The number of aryl methyl sites for hydroxylation is 2. The van der Waals surface area contributed by atoms with Gasteiger partial charge in [0, 0.05) is 17.8 Å². The molecule has 0 aliphatic heterocycles. The number of rotatable bonds is 7. The third-order valence-corrected chi connectivity index (χ3v) is 5.37. The van der Waals surface area contributed by atoms with Crippen LogP contribution in [0.25, 0.3) is 0 Å². The maximum absolute atomic E-state index is 10.1. The van der Waals surface area contributed by atoms with Crippen molar-refractivity contribution >= 4 is 11.8 Å². The van der Waals surface area contributed by atoms with Crippen LogP contribution in [0.1, 0.15) is 30.4 Å². The van der Waals surface area contributed by atoms with E-state index in [1.54, 1.807) is 0 Å². The zero-order valence-electron chi connectivity index (χ0n) is 13.3. The van der Waals surface area contributed by atoms with Crippen molar-refractivity contribution in [3.63, 3.8) is 0 Å². The van der Waals surface area contributed by atoms with Crippen molar-refractivity contribution in [2.24, 2.45) is 0 Å². The Bertz CT molecular complexity index is 432. The molecule has 21 heavy (non-hydrogen) atoms. The van der Waals surface area contributed by atoms with Crippen LogP contribution in [0.3, 0.4) is 0 Å². The van der Waals surface area contributed by atoms with Gasteiger partial charge in [0.05, 0.1) is 0 Å². The summed E-state index contributed by atoms with van der Waals surface area (Å²) in [5.41, 5.74) is 2.24. The topological polar surface area (TPSA) is 41.5 Å². The van der Waals surface area contributed by atoms with E-state index < -0.39 is 6.10 Å². The molecule has 0 aromatic heterocycles. The summed E-state index contributed by atoms with van der Waals surface area (Å²) in [7, 11) is 0. The van der Waals surface area contributed by atoms with Crippen molar-refractivity contribution in [1.82, 2.24) is 5.32 Å². The van der Waals surface area contributed by atoms with Crippen LogP contribution in [0.2, 0.25) is 0 Å². The van der Waals surface area contributed by atoms with Gasteiger partial charge in [-0.3, -0.25) is 0 Å². The van der Waals surface area contributed by atoms with Gasteiger partial charge in [-0.1, -0.05) is 24.6 Å². The maximum atomic E-state index is 10.1. The number of para-hydroxylation sites is 1. The summed E-state index contributed by atoms with van der Waals surface area (Å²) >= 11 is 1.93. The predicted molar refractivity (Wildman–Crippen MR) is 90.4 cm³/mol. The molecule has 1 aromatic rings. The first kappa shape index (κ1) is 16.7. The van der Waals surface area contributed by atoms with Gasteiger partial charge in [0.25, 0.3) is 0 Å². The van der Waals surface area contributed by atoms with E-state index in [4.69, 9.17) is 4.74 Å². The van der Waals surface area contributed by atoms with Crippen molar-refractivity contribution in [2.45, 2.75) is 50.5 Å². The molecule has 0 bridgehead atoms. The lowest BCUT2D eigenvalue weighted by molar-refractivity contribution is 0.103. The quantitative estimate of drug-likeness (QED) is 0.812. The summed E-state index contributed by atoms with van der Waals surface area (Å²) in [4.78, 5) is 0. The Kier molecular flexibility index (Phi) is 6.40. The van der Waals surface area contributed by atoms with Crippen molar-refractivity contribution < 1.29 is 9.84 Å². The van der Waals surface area contributed by atoms with Crippen LogP contribution < -0.4 is 10.1 Å². The van der Waals surface area contributed by atoms with Crippen LogP contribution in [-0.2, 0) is 0 Å². The molecule has 0 heterocycles. The largest absolute Gasteiger partial charge is 0.490 e. The average Bonchev–Trinajstić information content (AvgIpc) is 2.92. The molecule has 0 saturated heterocycles. The number of aliphatic hydroxyl groups is 1. The normalized spacial score (nSPS) is 23.2. The molecule has 3 unspecified atom stereocenters.